The van der Waals surface area contributed by atoms with Crippen molar-refractivity contribution in [2.24, 2.45) is 0 Å². The molecule has 2 nitrogen and oxygen atoms in total. The molecular weight excluding hydrogens is 270 g/mol. The number of hydrogen-bond donors (Lipinski definition) is 0. The lowest BCUT2D eigenvalue weighted by Crippen LogP contribution is -2.18. The molecule has 0 radical (unpaired) electrons. The van der Waals surface area contributed by atoms with Gasteiger partial charge in [0.1, 0.15) is 5.75 Å². The Balaban J connectivity index is 1.83. The Morgan fingerprint density at radius 2 is 1.36 bits per heavy atom. The number of ether oxygens (including phenoxy) is 1. The second-order valence-corrected chi connectivity index (χ2v) is 6.39. The molecule has 0 bridgehead atoms. The Bertz CT molecular complexity index is 360. The summed E-state index contributed by atoms with van der Waals surface area (Å²) in [5.74, 6) is 1.00. The lowest BCUT2D eigenvalue weighted by molar-refractivity contribution is 0.304. The first-order chi connectivity index (χ1) is 10.7. The van der Waals surface area contributed by atoms with Crippen molar-refractivity contribution in [3.8, 4) is 5.75 Å². The van der Waals surface area contributed by atoms with Crippen LogP contribution >= 0.6 is 0 Å². The predicted molar refractivity (Wildman–Crippen MR) is 96.8 cm³/mol. The summed E-state index contributed by atoms with van der Waals surface area (Å²) in [4.78, 5) is 2.40. The summed E-state index contributed by atoms with van der Waals surface area (Å²) in [5, 5.41) is 0. The van der Waals surface area contributed by atoms with Crippen LogP contribution in [0.4, 0.5) is 0 Å². The van der Waals surface area contributed by atoms with E-state index >= 15 is 0 Å². The number of hydrogen-bond acceptors (Lipinski definition) is 2. The van der Waals surface area contributed by atoms with Crippen molar-refractivity contribution in [3.63, 3.8) is 0 Å². The van der Waals surface area contributed by atoms with Crippen molar-refractivity contribution in [1.82, 2.24) is 4.90 Å². The normalized spacial score (nSPS) is 11.1. The van der Waals surface area contributed by atoms with Crippen LogP contribution in [-0.2, 0) is 0 Å². The summed E-state index contributed by atoms with van der Waals surface area (Å²) in [6, 6.07) is 8.33. The predicted octanol–water partition coefficient (Wildman–Crippen LogP) is 5.45. The largest absolute Gasteiger partial charge is 0.494 e. The molecule has 0 saturated carbocycles. The van der Waals surface area contributed by atoms with Crippen molar-refractivity contribution in [2.75, 3.05) is 26.7 Å². The molecule has 0 fully saturated rings. The molecule has 0 aliphatic carbocycles. The molecule has 0 saturated heterocycles. The first-order valence-corrected chi connectivity index (χ1v) is 9.10. The number of nitrogens with zero attached hydrogens (tertiary/aromatic N) is 1. The van der Waals surface area contributed by atoms with E-state index in [1.54, 1.807) is 0 Å². The third-order valence-electron chi connectivity index (χ3n) is 4.26. The molecule has 0 atom stereocenters. The maximum absolute atomic E-state index is 5.75. The Morgan fingerprint density at radius 1 is 0.818 bits per heavy atom. The number of benzene rings is 1. The maximum atomic E-state index is 5.75. The van der Waals surface area contributed by atoms with Gasteiger partial charge in [-0.05, 0) is 52.0 Å². The summed E-state index contributed by atoms with van der Waals surface area (Å²) in [6.07, 6.45) is 10.8. The van der Waals surface area contributed by atoms with E-state index in [0.29, 0.717) is 0 Å². The van der Waals surface area contributed by atoms with E-state index in [-0.39, 0.29) is 0 Å². The van der Waals surface area contributed by atoms with Crippen molar-refractivity contribution >= 4 is 0 Å². The number of aryl methyl sites for hydroxylation is 1. The highest BCUT2D eigenvalue weighted by molar-refractivity contribution is 5.26. The highest BCUT2D eigenvalue weighted by atomic mass is 16.5. The van der Waals surface area contributed by atoms with Gasteiger partial charge in [-0.15, -0.1) is 0 Å². The van der Waals surface area contributed by atoms with Crippen LogP contribution in [0.1, 0.15) is 63.9 Å². The zero-order valence-electron chi connectivity index (χ0n) is 14.9. The molecule has 1 rings (SSSR count). The van der Waals surface area contributed by atoms with Gasteiger partial charge in [0.15, 0.2) is 0 Å². The topological polar surface area (TPSA) is 12.5 Å². The van der Waals surface area contributed by atoms with E-state index in [9.17, 15) is 0 Å². The molecule has 0 amide bonds. The van der Waals surface area contributed by atoms with Crippen LogP contribution in [0, 0.1) is 6.92 Å². The van der Waals surface area contributed by atoms with Crippen molar-refractivity contribution < 1.29 is 4.74 Å². The quantitative estimate of drug-likeness (QED) is 0.449. The molecular formula is C20H35NO. The zero-order chi connectivity index (χ0) is 16.0. The van der Waals surface area contributed by atoms with Gasteiger partial charge in [-0.25, -0.2) is 0 Å². The SMILES string of the molecule is CCN(C)CCCCCCCCCCOc1ccc(C)cc1. The summed E-state index contributed by atoms with van der Waals surface area (Å²) >= 11 is 0. The van der Waals surface area contributed by atoms with Gasteiger partial charge in [-0.2, -0.15) is 0 Å². The Kier molecular flexibility index (Phi) is 10.8. The third-order valence-corrected chi connectivity index (χ3v) is 4.26. The number of rotatable bonds is 13. The summed E-state index contributed by atoms with van der Waals surface area (Å²) < 4.78 is 5.75. The summed E-state index contributed by atoms with van der Waals surface area (Å²) in [5.41, 5.74) is 1.29. The average molecular weight is 306 g/mol. The first-order valence-electron chi connectivity index (χ1n) is 9.10. The van der Waals surface area contributed by atoms with Crippen LogP contribution in [0.2, 0.25) is 0 Å². The fourth-order valence-electron chi connectivity index (χ4n) is 2.53. The standard InChI is InChI=1S/C20H35NO/c1-4-21(3)17-11-9-7-5-6-8-10-12-18-22-20-15-13-19(2)14-16-20/h13-16H,4-12,17-18H2,1-3H3. The van der Waals surface area contributed by atoms with Crippen molar-refractivity contribution in [3.05, 3.63) is 29.8 Å². The molecule has 0 aliphatic rings. The van der Waals surface area contributed by atoms with E-state index in [1.807, 2.05) is 0 Å². The Labute approximate surface area is 137 Å². The van der Waals surface area contributed by atoms with Crippen molar-refractivity contribution in [1.29, 1.82) is 0 Å². The minimum atomic E-state index is 0.854. The van der Waals surface area contributed by atoms with Crippen LogP contribution in [-0.4, -0.2) is 31.6 Å². The fraction of sp³-hybridized carbons (Fsp3) is 0.700. The van der Waals surface area contributed by atoms with E-state index in [2.05, 4.69) is 50.1 Å². The first kappa shape index (κ1) is 19.0. The molecule has 1 aromatic rings. The fourth-order valence-corrected chi connectivity index (χ4v) is 2.53. The molecule has 0 aliphatic heterocycles. The second kappa shape index (κ2) is 12.5. The van der Waals surface area contributed by atoms with Crippen LogP contribution < -0.4 is 4.74 Å². The highest BCUT2D eigenvalue weighted by Crippen LogP contribution is 2.13. The molecule has 0 N–H and O–H groups in total. The molecule has 1 aromatic carbocycles. The molecule has 0 aromatic heterocycles. The molecule has 22 heavy (non-hydrogen) atoms. The van der Waals surface area contributed by atoms with Gasteiger partial charge in [0, 0.05) is 0 Å². The van der Waals surface area contributed by atoms with Crippen LogP contribution in [0.5, 0.6) is 5.75 Å². The van der Waals surface area contributed by atoms with E-state index < -0.39 is 0 Å². The minimum Gasteiger partial charge on any atom is -0.494 e. The maximum Gasteiger partial charge on any atom is 0.119 e. The van der Waals surface area contributed by atoms with Crippen LogP contribution in [0.3, 0.4) is 0 Å². The summed E-state index contributed by atoms with van der Waals surface area (Å²) in [6.45, 7) is 7.61. The Hall–Kier alpha value is -1.02. The van der Waals surface area contributed by atoms with Gasteiger partial charge in [0.25, 0.3) is 0 Å². The van der Waals surface area contributed by atoms with Gasteiger partial charge < -0.3 is 9.64 Å². The Morgan fingerprint density at radius 3 is 1.95 bits per heavy atom. The summed E-state index contributed by atoms with van der Waals surface area (Å²) in [7, 11) is 2.21. The molecule has 0 unspecified atom stereocenters. The lowest BCUT2D eigenvalue weighted by atomic mass is 10.1. The second-order valence-electron chi connectivity index (χ2n) is 6.39. The zero-order valence-corrected chi connectivity index (χ0v) is 14.9. The third kappa shape index (κ3) is 9.83. The van der Waals surface area contributed by atoms with Crippen molar-refractivity contribution in [2.45, 2.75) is 65.2 Å². The highest BCUT2D eigenvalue weighted by Gasteiger charge is 1.96. The van der Waals surface area contributed by atoms with Crippen LogP contribution in [0.15, 0.2) is 24.3 Å². The van der Waals surface area contributed by atoms with E-state index in [0.717, 1.165) is 12.4 Å². The van der Waals surface area contributed by atoms with Gasteiger partial charge in [-0.3, -0.25) is 0 Å². The van der Waals surface area contributed by atoms with E-state index in [1.165, 1.54) is 70.0 Å². The van der Waals surface area contributed by atoms with Crippen LogP contribution in [0.25, 0.3) is 0 Å². The molecule has 126 valence electrons. The number of unbranched alkanes of at least 4 members (excludes halogenated alkanes) is 7. The monoisotopic (exact) mass is 305 g/mol. The minimum absolute atomic E-state index is 0.854. The van der Waals surface area contributed by atoms with Gasteiger partial charge >= 0.3 is 0 Å². The molecule has 0 heterocycles. The molecule has 2 heteroatoms. The van der Waals surface area contributed by atoms with Gasteiger partial charge in [-0.1, -0.05) is 63.1 Å². The van der Waals surface area contributed by atoms with E-state index in [4.69, 9.17) is 4.74 Å². The smallest absolute Gasteiger partial charge is 0.119 e. The van der Waals surface area contributed by atoms with Gasteiger partial charge in [0.2, 0.25) is 0 Å². The lowest BCUT2D eigenvalue weighted by Gasteiger charge is -2.12. The average Bonchev–Trinajstić information content (AvgIpc) is 2.54. The van der Waals surface area contributed by atoms with Gasteiger partial charge in [0.05, 0.1) is 6.61 Å². The molecule has 0 spiro atoms.